The van der Waals surface area contributed by atoms with E-state index in [2.05, 4.69) is 19.7 Å². The molecular formula is C22H20ClN5O2S. The number of thioether (sulfide) groups is 1. The zero-order valence-corrected chi connectivity index (χ0v) is 18.4. The van der Waals surface area contributed by atoms with Gasteiger partial charge in [-0.15, -0.1) is 10.2 Å². The van der Waals surface area contributed by atoms with Gasteiger partial charge in [0.2, 0.25) is 0 Å². The SMILES string of the molecule is Cc1cccc2nc(CSc3nnc(COc4ccccc4Cl)n3C3CC3)cc(=O)n12. The molecule has 0 atom stereocenters. The van der Waals surface area contributed by atoms with Crippen molar-refractivity contribution in [3.63, 3.8) is 0 Å². The van der Waals surface area contributed by atoms with E-state index in [0.29, 0.717) is 34.8 Å². The molecule has 0 aliphatic heterocycles. The molecule has 0 amide bonds. The molecular weight excluding hydrogens is 434 g/mol. The first-order chi connectivity index (χ1) is 15.1. The van der Waals surface area contributed by atoms with Gasteiger partial charge in [0.1, 0.15) is 18.0 Å². The standard InChI is InChI=1S/C22H20ClN5O2S/c1-14-5-4-8-19-24-15(11-21(29)27(14)19)13-31-22-26-25-20(28(22)16-9-10-16)12-30-18-7-3-2-6-17(18)23/h2-8,11,16H,9-10,12-13H2,1H3. The van der Waals surface area contributed by atoms with Gasteiger partial charge in [-0.05, 0) is 44.0 Å². The van der Waals surface area contributed by atoms with Crippen LogP contribution in [0.2, 0.25) is 5.02 Å². The molecule has 0 unspecified atom stereocenters. The third kappa shape index (κ3) is 4.18. The summed E-state index contributed by atoms with van der Waals surface area (Å²) in [5.41, 5.74) is 2.17. The van der Waals surface area contributed by atoms with Crippen LogP contribution in [-0.2, 0) is 12.4 Å². The minimum Gasteiger partial charge on any atom is -0.484 e. The smallest absolute Gasteiger partial charge is 0.258 e. The second-order valence-electron chi connectivity index (χ2n) is 7.45. The molecule has 4 aromatic rings. The Kier molecular flexibility index (Phi) is 5.41. The summed E-state index contributed by atoms with van der Waals surface area (Å²) in [6.45, 7) is 2.19. The third-order valence-electron chi connectivity index (χ3n) is 5.12. The lowest BCUT2D eigenvalue weighted by atomic mass is 10.3. The zero-order valence-electron chi connectivity index (χ0n) is 16.9. The Morgan fingerprint density at radius 3 is 2.81 bits per heavy atom. The molecule has 0 N–H and O–H groups in total. The molecule has 9 heteroatoms. The van der Waals surface area contributed by atoms with E-state index in [1.807, 2.05) is 43.3 Å². The van der Waals surface area contributed by atoms with E-state index in [0.717, 1.165) is 35.2 Å². The van der Waals surface area contributed by atoms with Gasteiger partial charge in [-0.2, -0.15) is 0 Å². The van der Waals surface area contributed by atoms with Crippen molar-refractivity contribution in [2.45, 2.75) is 43.3 Å². The Bertz CT molecular complexity index is 1310. The van der Waals surface area contributed by atoms with Gasteiger partial charge < -0.3 is 4.74 Å². The number of aryl methyl sites for hydroxylation is 1. The van der Waals surface area contributed by atoms with Crippen molar-refractivity contribution in [3.05, 3.63) is 81.1 Å². The molecule has 1 aromatic carbocycles. The number of ether oxygens (including phenoxy) is 1. The van der Waals surface area contributed by atoms with E-state index in [1.165, 1.54) is 11.8 Å². The number of hydrogen-bond acceptors (Lipinski definition) is 6. The Morgan fingerprint density at radius 1 is 1.16 bits per heavy atom. The molecule has 3 heterocycles. The molecule has 31 heavy (non-hydrogen) atoms. The fourth-order valence-electron chi connectivity index (χ4n) is 3.48. The van der Waals surface area contributed by atoms with Crippen molar-refractivity contribution >= 4 is 29.0 Å². The van der Waals surface area contributed by atoms with E-state index in [9.17, 15) is 4.79 Å². The summed E-state index contributed by atoms with van der Waals surface area (Å²) in [7, 11) is 0. The number of nitrogens with zero attached hydrogens (tertiary/aromatic N) is 5. The van der Waals surface area contributed by atoms with Crippen molar-refractivity contribution in [3.8, 4) is 5.75 Å². The van der Waals surface area contributed by atoms with E-state index >= 15 is 0 Å². The zero-order chi connectivity index (χ0) is 21.4. The van der Waals surface area contributed by atoms with Gasteiger partial charge in [-0.3, -0.25) is 13.8 Å². The van der Waals surface area contributed by atoms with Gasteiger partial charge in [0.05, 0.1) is 10.7 Å². The van der Waals surface area contributed by atoms with Crippen molar-refractivity contribution < 1.29 is 4.74 Å². The Morgan fingerprint density at radius 2 is 2.00 bits per heavy atom. The highest BCUT2D eigenvalue weighted by molar-refractivity contribution is 7.98. The summed E-state index contributed by atoms with van der Waals surface area (Å²) in [4.78, 5) is 17.2. The van der Waals surface area contributed by atoms with Gasteiger partial charge in [0, 0.05) is 23.6 Å². The molecule has 7 nitrogen and oxygen atoms in total. The highest BCUT2D eigenvalue weighted by Crippen LogP contribution is 2.39. The monoisotopic (exact) mass is 453 g/mol. The van der Waals surface area contributed by atoms with Crippen LogP contribution in [0.25, 0.3) is 5.65 Å². The number of rotatable bonds is 7. The topological polar surface area (TPSA) is 74.3 Å². The highest BCUT2D eigenvalue weighted by Gasteiger charge is 2.30. The number of benzene rings is 1. The van der Waals surface area contributed by atoms with Gasteiger partial charge in [-0.25, -0.2) is 4.98 Å². The number of hydrogen-bond donors (Lipinski definition) is 0. The lowest BCUT2D eigenvalue weighted by Gasteiger charge is -2.11. The largest absolute Gasteiger partial charge is 0.484 e. The summed E-state index contributed by atoms with van der Waals surface area (Å²) in [5, 5.41) is 10.1. The fraction of sp³-hybridized carbons (Fsp3) is 0.273. The summed E-state index contributed by atoms with van der Waals surface area (Å²) in [6.07, 6.45) is 2.19. The van der Waals surface area contributed by atoms with Crippen LogP contribution in [-0.4, -0.2) is 24.1 Å². The fourth-order valence-corrected chi connectivity index (χ4v) is 4.59. The molecule has 0 saturated heterocycles. The second kappa shape index (κ2) is 8.36. The van der Waals surface area contributed by atoms with E-state index in [4.69, 9.17) is 16.3 Å². The van der Waals surface area contributed by atoms with Crippen LogP contribution in [0.4, 0.5) is 0 Å². The van der Waals surface area contributed by atoms with E-state index in [1.54, 1.807) is 16.5 Å². The first-order valence-electron chi connectivity index (χ1n) is 10.0. The molecule has 1 aliphatic carbocycles. The molecule has 5 rings (SSSR count). The van der Waals surface area contributed by atoms with Crippen molar-refractivity contribution in [2.75, 3.05) is 0 Å². The molecule has 0 spiro atoms. The normalized spacial score (nSPS) is 13.6. The van der Waals surface area contributed by atoms with Gasteiger partial charge >= 0.3 is 0 Å². The van der Waals surface area contributed by atoms with E-state index < -0.39 is 0 Å². The Balaban J connectivity index is 1.35. The van der Waals surface area contributed by atoms with Crippen LogP contribution >= 0.6 is 23.4 Å². The quantitative estimate of drug-likeness (QED) is 0.385. The molecule has 1 aliphatic rings. The van der Waals surface area contributed by atoms with Crippen LogP contribution in [0.15, 0.2) is 58.5 Å². The first-order valence-corrected chi connectivity index (χ1v) is 11.4. The van der Waals surface area contributed by atoms with Crippen LogP contribution in [0.5, 0.6) is 5.75 Å². The minimum atomic E-state index is -0.0730. The molecule has 158 valence electrons. The maximum absolute atomic E-state index is 12.5. The van der Waals surface area contributed by atoms with Crippen LogP contribution in [0.1, 0.15) is 36.1 Å². The first kappa shape index (κ1) is 20.1. The summed E-state index contributed by atoms with van der Waals surface area (Å²) >= 11 is 7.72. The Labute approximate surface area is 188 Å². The Hall–Kier alpha value is -2.84. The lowest BCUT2D eigenvalue weighted by Crippen LogP contribution is -2.17. The number of para-hydroxylation sites is 1. The predicted molar refractivity (Wildman–Crippen MR) is 120 cm³/mol. The van der Waals surface area contributed by atoms with Crippen LogP contribution in [0.3, 0.4) is 0 Å². The lowest BCUT2D eigenvalue weighted by molar-refractivity contribution is 0.288. The molecule has 1 fully saturated rings. The van der Waals surface area contributed by atoms with Gasteiger partial charge in [0.25, 0.3) is 5.56 Å². The minimum absolute atomic E-state index is 0.0730. The number of halogens is 1. The van der Waals surface area contributed by atoms with Gasteiger partial charge in [0.15, 0.2) is 11.0 Å². The summed E-state index contributed by atoms with van der Waals surface area (Å²) in [6, 6.07) is 15.0. The van der Waals surface area contributed by atoms with E-state index in [-0.39, 0.29) is 5.56 Å². The maximum atomic E-state index is 12.5. The molecule has 3 aromatic heterocycles. The van der Waals surface area contributed by atoms with Crippen LogP contribution < -0.4 is 10.3 Å². The summed E-state index contributed by atoms with van der Waals surface area (Å²) in [5.74, 6) is 1.93. The number of fused-ring (bicyclic) bond motifs is 1. The van der Waals surface area contributed by atoms with Gasteiger partial charge in [-0.1, -0.05) is 41.6 Å². The van der Waals surface area contributed by atoms with Crippen molar-refractivity contribution in [1.82, 2.24) is 24.1 Å². The number of pyridine rings is 1. The van der Waals surface area contributed by atoms with Crippen LogP contribution in [0, 0.1) is 6.92 Å². The average molecular weight is 454 g/mol. The second-order valence-corrected chi connectivity index (χ2v) is 8.80. The highest BCUT2D eigenvalue weighted by atomic mass is 35.5. The third-order valence-corrected chi connectivity index (χ3v) is 6.41. The average Bonchev–Trinajstić information content (AvgIpc) is 3.51. The molecule has 0 bridgehead atoms. The summed E-state index contributed by atoms with van der Waals surface area (Å²) < 4.78 is 9.63. The maximum Gasteiger partial charge on any atom is 0.258 e. The number of aromatic nitrogens is 5. The van der Waals surface area contributed by atoms with Crippen molar-refractivity contribution in [2.24, 2.45) is 0 Å². The molecule has 0 radical (unpaired) electrons. The molecule has 1 saturated carbocycles. The van der Waals surface area contributed by atoms with Crippen molar-refractivity contribution in [1.29, 1.82) is 0 Å². The predicted octanol–water partition coefficient (Wildman–Crippen LogP) is 4.45.